The smallest absolute Gasteiger partial charge is 0.340 e. The predicted octanol–water partition coefficient (Wildman–Crippen LogP) is 2.27. The highest BCUT2D eigenvalue weighted by Crippen LogP contribution is 2.20. The van der Waals surface area contributed by atoms with Crippen LogP contribution in [0.3, 0.4) is 0 Å². The monoisotopic (exact) mass is 400 g/mol. The van der Waals surface area contributed by atoms with Gasteiger partial charge in [0.05, 0.1) is 17.7 Å². The zero-order valence-corrected chi connectivity index (χ0v) is 16.9. The van der Waals surface area contributed by atoms with Crippen molar-refractivity contribution in [2.45, 2.75) is 27.7 Å². The lowest BCUT2D eigenvalue weighted by Gasteiger charge is -2.08. The highest BCUT2D eigenvalue weighted by Gasteiger charge is 2.26. The van der Waals surface area contributed by atoms with E-state index in [2.05, 4.69) is 10.3 Å². The molecule has 8 nitrogen and oxygen atoms in total. The summed E-state index contributed by atoms with van der Waals surface area (Å²) in [5.74, 6) is -2.33. The largest absolute Gasteiger partial charge is 0.462 e. The van der Waals surface area contributed by atoms with E-state index in [9.17, 15) is 19.2 Å². The molecule has 1 heterocycles. The molecule has 1 aromatic carbocycles. The summed E-state index contributed by atoms with van der Waals surface area (Å²) in [4.78, 5) is 51.5. The van der Waals surface area contributed by atoms with Gasteiger partial charge in [0.25, 0.3) is 5.91 Å². The van der Waals surface area contributed by atoms with Crippen LogP contribution in [0.2, 0.25) is 0 Å². The zero-order valence-electron chi connectivity index (χ0n) is 16.9. The first-order valence-corrected chi connectivity index (χ1v) is 9.14. The third-order valence-corrected chi connectivity index (χ3v) is 4.17. The van der Waals surface area contributed by atoms with Gasteiger partial charge in [-0.15, -0.1) is 0 Å². The van der Waals surface area contributed by atoms with E-state index in [-0.39, 0.29) is 24.3 Å². The van der Waals surface area contributed by atoms with Crippen LogP contribution in [0.25, 0.3) is 0 Å². The van der Waals surface area contributed by atoms with Crippen LogP contribution in [0.4, 0.5) is 0 Å². The third-order valence-electron chi connectivity index (χ3n) is 4.17. The number of rotatable bonds is 8. The number of carbonyl (C=O) groups is 4. The normalized spacial score (nSPS) is 10.3. The number of benzene rings is 1. The Morgan fingerprint density at radius 3 is 2.34 bits per heavy atom. The van der Waals surface area contributed by atoms with Gasteiger partial charge in [0, 0.05) is 17.0 Å². The minimum Gasteiger partial charge on any atom is -0.462 e. The predicted molar refractivity (Wildman–Crippen MR) is 105 cm³/mol. The number of hydrogen-bond acceptors (Lipinski definition) is 6. The zero-order chi connectivity index (χ0) is 21.6. The van der Waals surface area contributed by atoms with Crippen LogP contribution >= 0.6 is 0 Å². The van der Waals surface area contributed by atoms with Crippen LogP contribution in [-0.2, 0) is 14.3 Å². The first kappa shape index (κ1) is 21.9. The van der Waals surface area contributed by atoms with E-state index in [4.69, 9.17) is 9.47 Å². The summed E-state index contributed by atoms with van der Waals surface area (Å²) in [6, 6.07) is 6.92. The average Bonchev–Trinajstić information content (AvgIpc) is 2.98. The fourth-order valence-corrected chi connectivity index (χ4v) is 2.90. The molecule has 0 bridgehead atoms. The summed E-state index contributed by atoms with van der Waals surface area (Å²) >= 11 is 0. The summed E-state index contributed by atoms with van der Waals surface area (Å²) in [5.41, 5.74) is 2.60. The SMILES string of the molecule is CCOC(=O)c1c(C)[nH]c(C)c1C(=O)COC(=O)CNC(=O)c1cccc(C)c1. The van der Waals surface area contributed by atoms with Gasteiger partial charge in [0.1, 0.15) is 6.54 Å². The van der Waals surface area contributed by atoms with Crippen LogP contribution in [0, 0.1) is 20.8 Å². The molecule has 154 valence electrons. The van der Waals surface area contributed by atoms with Crippen molar-refractivity contribution in [1.82, 2.24) is 10.3 Å². The molecule has 0 radical (unpaired) electrons. The second kappa shape index (κ2) is 9.68. The van der Waals surface area contributed by atoms with Gasteiger partial charge in [-0.2, -0.15) is 0 Å². The minimum absolute atomic E-state index is 0.137. The van der Waals surface area contributed by atoms with E-state index < -0.39 is 30.2 Å². The number of esters is 2. The van der Waals surface area contributed by atoms with Gasteiger partial charge in [-0.3, -0.25) is 14.4 Å². The number of aromatic amines is 1. The highest BCUT2D eigenvalue weighted by molar-refractivity contribution is 6.09. The number of hydrogen-bond donors (Lipinski definition) is 2. The lowest BCUT2D eigenvalue weighted by atomic mass is 10.1. The second-order valence-corrected chi connectivity index (χ2v) is 6.48. The Hall–Kier alpha value is -3.42. The molecule has 0 aliphatic heterocycles. The summed E-state index contributed by atoms with van der Waals surface area (Å²) in [5, 5.41) is 2.45. The quantitative estimate of drug-likeness (QED) is 0.519. The van der Waals surface area contributed by atoms with Crippen molar-refractivity contribution in [3.63, 3.8) is 0 Å². The van der Waals surface area contributed by atoms with Gasteiger partial charge in [0.2, 0.25) is 5.78 Å². The summed E-state index contributed by atoms with van der Waals surface area (Å²) in [7, 11) is 0. The lowest BCUT2D eigenvalue weighted by molar-refractivity contribution is -0.141. The molecule has 29 heavy (non-hydrogen) atoms. The molecule has 0 saturated carbocycles. The number of ether oxygens (including phenoxy) is 2. The van der Waals surface area contributed by atoms with Crippen molar-refractivity contribution in [1.29, 1.82) is 0 Å². The maximum absolute atomic E-state index is 12.5. The topological polar surface area (TPSA) is 115 Å². The molecule has 2 N–H and O–H groups in total. The molecule has 1 amide bonds. The fourth-order valence-electron chi connectivity index (χ4n) is 2.90. The van der Waals surface area contributed by atoms with E-state index in [1.165, 1.54) is 0 Å². The van der Waals surface area contributed by atoms with Crippen LogP contribution in [0.1, 0.15) is 54.9 Å². The van der Waals surface area contributed by atoms with Crippen LogP contribution in [-0.4, -0.2) is 48.4 Å². The Morgan fingerprint density at radius 1 is 1.00 bits per heavy atom. The molecule has 2 rings (SSSR count). The number of aromatic nitrogens is 1. The highest BCUT2D eigenvalue weighted by atomic mass is 16.5. The molecule has 0 fully saturated rings. The maximum Gasteiger partial charge on any atom is 0.340 e. The standard InChI is InChI=1S/C21H24N2O6/c1-5-28-21(27)19-14(4)23-13(3)18(19)16(24)11-29-17(25)10-22-20(26)15-8-6-7-12(2)9-15/h6-9,23H,5,10-11H2,1-4H3,(H,22,26). The van der Waals surface area contributed by atoms with E-state index in [1.54, 1.807) is 39.0 Å². The molecule has 0 spiro atoms. The number of aryl methyl sites for hydroxylation is 3. The van der Waals surface area contributed by atoms with Crippen molar-refractivity contribution in [2.75, 3.05) is 19.8 Å². The Kier molecular flexibility index (Phi) is 7.30. The van der Waals surface area contributed by atoms with Crippen molar-refractivity contribution in [3.8, 4) is 0 Å². The van der Waals surface area contributed by atoms with Crippen LogP contribution < -0.4 is 5.32 Å². The van der Waals surface area contributed by atoms with Crippen LogP contribution in [0.5, 0.6) is 0 Å². The Bertz CT molecular complexity index is 945. The molecule has 2 aromatic rings. The molecule has 0 atom stereocenters. The molecular formula is C21H24N2O6. The fraction of sp³-hybridized carbons (Fsp3) is 0.333. The third kappa shape index (κ3) is 5.54. The molecule has 1 aromatic heterocycles. The van der Waals surface area contributed by atoms with Gasteiger partial charge < -0.3 is 19.8 Å². The Labute approximate surface area is 168 Å². The minimum atomic E-state index is -0.762. The molecule has 0 unspecified atom stereocenters. The van der Waals surface area contributed by atoms with Gasteiger partial charge in [-0.25, -0.2) is 4.79 Å². The number of nitrogens with one attached hydrogen (secondary N) is 2. The first-order valence-electron chi connectivity index (χ1n) is 9.14. The summed E-state index contributed by atoms with van der Waals surface area (Å²) in [6.45, 7) is 6.06. The second-order valence-electron chi connectivity index (χ2n) is 6.48. The summed E-state index contributed by atoms with van der Waals surface area (Å²) < 4.78 is 9.95. The van der Waals surface area contributed by atoms with E-state index in [1.807, 2.05) is 13.0 Å². The van der Waals surface area contributed by atoms with Gasteiger partial charge in [-0.05, 0) is 39.8 Å². The van der Waals surface area contributed by atoms with Gasteiger partial charge in [0.15, 0.2) is 6.61 Å². The van der Waals surface area contributed by atoms with Crippen molar-refractivity contribution < 1.29 is 28.7 Å². The van der Waals surface area contributed by atoms with E-state index in [0.29, 0.717) is 17.0 Å². The lowest BCUT2D eigenvalue weighted by Crippen LogP contribution is -2.31. The molecule has 0 aliphatic carbocycles. The van der Waals surface area contributed by atoms with Crippen molar-refractivity contribution in [2.24, 2.45) is 0 Å². The van der Waals surface area contributed by atoms with Gasteiger partial charge >= 0.3 is 11.9 Å². The number of amides is 1. The summed E-state index contributed by atoms with van der Waals surface area (Å²) in [6.07, 6.45) is 0. The van der Waals surface area contributed by atoms with E-state index in [0.717, 1.165) is 5.56 Å². The molecule has 8 heteroatoms. The average molecular weight is 400 g/mol. The molecule has 0 saturated heterocycles. The maximum atomic E-state index is 12.5. The Morgan fingerprint density at radius 2 is 1.69 bits per heavy atom. The van der Waals surface area contributed by atoms with Crippen molar-refractivity contribution in [3.05, 3.63) is 57.9 Å². The Balaban J connectivity index is 1.95. The van der Waals surface area contributed by atoms with Gasteiger partial charge in [-0.1, -0.05) is 17.7 Å². The first-order chi connectivity index (χ1) is 13.7. The number of H-pyrrole nitrogens is 1. The van der Waals surface area contributed by atoms with E-state index >= 15 is 0 Å². The molecule has 0 aliphatic rings. The molecular weight excluding hydrogens is 376 g/mol. The number of carbonyl (C=O) groups excluding carboxylic acids is 4. The number of Topliss-reactive ketones (excluding diaryl/α,β-unsaturated/α-hetero) is 1. The van der Waals surface area contributed by atoms with Crippen molar-refractivity contribution >= 4 is 23.6 Å². The van der Waals surface area contributed by atoms with Crippen LogP contribution in [0.15, 0.2) is 24.3 Å². The number of ketones is 1.